The number of hydrogen-bond acceptors (Lipinski definition) is 3. The fourth-order valence-electron chi connectivity index (χ4n) is 0.506. The predicted octanol–water partition coefficient (Wildman–Crippen LogP) is -0.117. The minimum Gasteiger partial charge on any atom is -0.330 e. The van der Waals surface area contributed by atoms with Crippen LogP contribution in [0.25, 0.3) is 0 Å². The summed E-state index contributed by atoms with van der Waals surface area (Å²) in [5.74, 6) is 0.0737. The van der Waals surface area contributed by atoms with Crippen LogP contribution in [0.3, 0.4) is 0 Å². The Labute approximate surface area is 54.2 Å². The molecule has 0 saturated carbocycles. The third-order valence-corrected chi connectivity index (χ3v) is 0.964. The molecule has 0 aliphatic heterocycles. The summed E-state index contributed by atoms with van der Waals surface area (Å²) in [6.45, 7) is 0.387. The number of aldehydes is 1. The van der Waals surface area contributed by atoms with Gasteiger partial charge in [-0.15, -0.1) is 0 Å². The van der Waals surface area contributed by atoms with E-state index in [-0.39, 0.29) is 5.78 Å². The fraction of sp³-hybridized carbons (Fsp3) is 0.667. The zero-order chi connectivity index (χ0) is 7.11. The summed E-state index contributed by atoms with van der Waals surface area (Å²) in [7, 11) is 0. The molecule has 0 aromatic rings. The molecule has 52 valence electrons. The molecular formula is C6H11NO2. The monoisotopic (exact) mass is 129 g/mol. The van der Waals surface area contributed by atoms with Crippen LogP contribution in [-0.4, -0.2) is 18.6 Å². The van der Waals surface area contributed by atoms with Crippen LogP contribution >= 0.6 is 0 Å². The van der Waals surface area contributed by atoms with E-state index in [0.717, 1.165) is 6.29 Å². The molecule has 0 aromatic carbocycles. The van der Waals surface area contributed by atoms with Gasteiger partial charge in [-0.1, -0.05) is 0 Å². The minimum atomic E-state index is 0.0737. The van der Waals surface area contributed by atoms with Crippen molar-refractivity contribution in [1.29, 1.82) is 0 Å². The zero-order valence-corrected chi connectivity index (χ0v) is 5.30. The number of carbonyl (C=O) groups is 2. The SMILES string of the molecule is NCCC(=O)CCC=O. The van der Waals surface area contributed by atoms with Gasteiger partial charge in [0.15, 0.2) is 0 Å². The molecular weight excluding hydrogens is 118 g/mol. The van der Waals surface area contributed by atoms with Gasteiger partial charge in [0.2, 0.25) is 0 Å². The molecule has 0 aliphatic rings. The standard InChI is InChI=1S/C6H11NO2/c7-4-3-6(9)2-1-5-8/h5H,1-4,7H2. The Bertz CT molecular complexity index is 101. The maximum absolute atomic E-state index is 10.6. The average Bonchev–Trinajstić information content (AvgIpc) is 1.85. The van der Waals surface area contributed by atoms with Gasteiger partial charge in [-0.3, -0.25) is 4.79 Å². The van der Waals surface area contributed by atoms with E-state index >= 15 is 0 Å². The molecule has 0 saturated heterocycles. The van der Waals surface area contributed by atoms with Crippen molar-refractivity contribution >= 4 is 12.1 Å². The summed E-state index contributed by atoms with van der Waals surface area (Å²) in [4.78, 5) is 20.3. The van der Waals surface area contributed by atoms with E-state index in [1.54, 1.807) is 0 Å². The van der Waals surface area contributed by atoms with Crippen LogP contribution < -0.4 is 5.73 Å². The summed E-state index contributed by atoms with van der Waals surface area (Å²) in [6, 6.07) is 0. The van der Waals surface area contributed by atoms with Crippen molar-refractivity contribution in [2.45, 2.75) is 19.3 Å². The normalized spacial score (nSPS) is 9.00. The summed E-state index contributed by atoms with van der Waals surface area (Å²) in [6.07, 6.45) is 1.82. The first-order valence-corrected chi connectivity index (χ1v) is 2.96. The first-order chi connectivity index (χ1) is 4.31. The van der Waals surface area contributed by atoms with E-state index in [4.69, 9.17) is 5.73 Å². The Morgan fingerprint density at radius 2 is 2.11 bits per heavy atom. The van der Waals surface area contributed by atoms with Crippen molar-refractivity contribution in [3.05, 3.63) is 0 Å². The van der Waals surface area contributed by atoms with Crippen LogP contribution in [-0.2, 0) is 9.59 Å². The highest BCUT2D eigenvalue weighted by Crippen LogP contribution is 1.89. The molecule has 0 aliphatic carbocycles. The molecule has 0 spiro atoms. The molecule has 0 heterocycles. The first-order valence-electron chi connectivity index (χ1n) is 2.96. The molecule has 0 fully saturated rings. The van der Waals surface area contributed by atoms with Crippen LogP contribution in [0, 0.1) is 0 Å². The average molecular weight is 129 g/mol. The van der Waals surface area contributed by atoms with Gasteiger partial charge >= 0.3 is 0 Å². The Morgan fingerprint density at radius 3 is 2.56 bits per heavy atom. The number of carbonyl (C=O) groups excluding carboxylic acids is 2. The zero-order valence-electron chi connectivity index (χ0n) is 5.30. The molecule has 0 rings (SSSR count). The summed E-state index contributed by atoms with van der Waals surface area (Å²) < 4.78 is 0. The van der Waals surface area contributed by atoms with Gasteiger partial charge in [-0.2, -0.15) is 0 Å². The number of ketones is 1. The van der Waals surface area contributed by atoms with E-state index in [1.807, 2.05) is 0 Å². The molecule has 2 N–H and O–H groups in total. The largest absolute Gasteiger partial charge is 0.330 e. The van der Waals surface area contributed by atoms with Crippen LogP contribution in [0.1, 0.15) is 19.3 Å². The van der Waals surface area contributed by atoms with Crippen LogP contribution in [0.5, 0.6) is 0 Å². The second-order valence-corrected chi connectivity index (χ2v) is 1.78. The molecule has 3 heteroatoms. The maximum Gasteiger partial charge on any atom is 0.134 e. The highest BCUT2D eigenvalue weighted by molar-refractivity contribution is 5.80. The van der Waals surface area contributed by atoms with E-state index in [9.17, 15) is 9.59 Å². The van der Waals surface area contributed by atoms with E-state index < -0.39 is 0 Å². The van der Waals surface area contributed by atoms with E-state index in [0.29, 0.717) is 25.8 Å². The summed E-state index contributed by atoms with van der Waals surface area (Å²) in [5, 5.41) is 0. The highest BCUT2D eigenvalue weighted by Gasteiger charge is 1.97. The summed E-state index contributed by atoms with van der Waals surface area (Å²) in [5.41, 5.74) is 5.09. The second kappa shape index (κ2) is 5.44. The number of Topliss-reactive ketones (excluding diaryl/α,β-unsaturated/α-hetero) is 1. The lowest BCUT2D eigenvalue weighted by molar-refractivity contribution is -0.120. The van der Waals surface area contributed by atoms with Gasteiger partial charge < -0.3 is 10.5 Å². The molecule has 3 nitrogen and oxygen atoms in total. The van der Waals surface area contributed by atoms with Gasteiger partial charge in [0.25, 0.3) is 0 Å². The van der Waals surface area contributed by atoms with E-state index in [1.165, 1.54) is 0 Å². The maximum atomic E-state index is 10.6. The van der Waals surface area contributed by atoms with Crippen LogP contribution in [0.4, 0.5) is 0 Å². The van der Waals surface area contributed by atoms with Crippen molar-refractivity contribution < 1.29 is 9.59 Å². The van der Waals surface area contributed by atoms with Gasteiger partial charge in [-0.05, 0) is 6.54 Å². The quantitative estimate of drug-likeness (QED) is 0.526. The third-order valence-electron chi connectivity index (χ3n) is 0.964. The van der Waals surface area contributed by atoms with E-state index in [2.05, 4.69) is 0 Å². The molecule has 0 bridgehead atoms. The molecule has 9 heavy (non-hydrogen) atoms. The predicted molar refractivity (Wildman–Crippen MR) is 34.0 cm³/mol. The van der Waals surface area contributed by atoms with Crippen LogP contribution in [0.2, 0.25) is 0 Å². The van der Waals surface area contributed by atoms with Gasteiger partial charge in [0.1, 0.15) is 12.1 Å². The van der Waals surface area contributed by atoms with Gasteiger partial charge in [-0.25, -0.2) is 0 Å². The van der Waals surface area contributed by atoms with Crippen LogP contribution in [0.15, 0.2) is 0 Å². The van der Waals surface area contributed by atoms with Crippen molar-refractivity contribution in [2.75, 3.05) is 6.54 Å². The molecule has 0 radical (unpaired) electrons. The van der Waals surface area contributed by atoms with Crippen molar-refractivity contribution in [3.63, 3.8) is 0 Å². The number of nitrogens with two attached hydrogens (primary N) is 1. The lowest BCUT2D eigenvalue weighted by Crippen LogP contribution is -2.07. The Kier molecular flexibility index (Phi) is 5.01. The lowest BCUT2D eigenvalue weighted by Gasteiger charge is -1.91. The third kappa shape index (κ3) is 5.17. The molecule has 0 amide bonds. The Balaban J connectivity index is 3.16. The molecule has 0 unspecified atom stereocenters. The summed E-state index contributed by atoms with van der Waals surface area (Å²) >= 11 is 0. The Hall–Kier alpha value is -0.700. The second-order valence-electron chi connectivity index (χ2n) is 1.78. The molecule has 0 atom stereocenters. The fourth-order valence-corrected chi connectivity index (χ4v) is 0.506. The highest BCUT2D eigenvalue weighted by atomic mass is 16.1. The number of rotatable bonds is 5. The first kappa shape index (κ1) is 8.30. The Morgan fingerprint density at radius 1 is 1.44 bits per heavy atom. The topological polar surface area (TPSA) is 60.2 Å². The van der Waals surface area contributed by atoms with Gasteiger partial charge in [0, 0.05) is 19.3 Å². The van der Waals surface area contributed by atoms with Crippen molar-refractivity contribution in [1.82, 2.24) is 0 Å². The lowest BCUT2D eigenvalue weighted by atomic mass is 10.2. The number of hydrogen-bond donors (Lipinski definition) is 1. The van der Waals surface area contributed by atoms with Crippen molar-refractivity contribution in [2.24, 2.45) is 5.73 Å². The van der Waals surface area contributed by atoms with Crippen molar-refractivity contribution in [3.8, 4) is 0 Å². The smallest absolute Gasteiger partial charge is 0.134 e. The minimum absolute atomic E-state index is 0.0737. The van der Waals surface area contributed by atoms with Gasteiger partial charge in [0.05, 0.1) is 0 Å². The molecule has 0 aromatic heterocycles.